The van der Waals surface area contributed by atoms with Gasteiger partial charge in [-0.3, -0.25) is 9.59 Å². The third kappa shape index (κ3) is 4.19. The minimum absolute atomic E-state index is 0.0240. The Balaban J connectivity index is 1.90. The Labute approximate surface area is 126 Å². The average molecular weight is 318 g/mol. The zero-order chi connectivity index (χ0) is 14.5. The van der Waals surface area contributed by atoms with Crippen LogP contribution in [0.25, 0.3) is 0 Å². The van der Waals surface area contributed by atoms with Crippen LogP contribution in [0.5, 0.6) is 0 Å². The number of nitrogens with zero attached hydrogens (tertiary/aromatic N) is 1. The molecule has 1 saturated heterocycles. The van der Waals surface area contributed by atoms with E-state index in [0.29, 0.717) is 37.6 Å². The number of carbonyl (C=O) groups is 2. The molecule has 0 bridgehead atoms. The van der Waals surface area contributed by atoms with Gasteiger partial charge in [-0.05, 0) is 12.5 Å². The number of ether oxygens (including phenoxy) is 1. The van der Waals surface area contributed by atoms with Crippen LogP contribution in [0.2, 0.25) is 5.02 Å². The van der Waals surface area contributed by atoms with Crippen LogP contribution in [0, 0.1) is 0 Å². The van der Waals surface area contributed by atoms with Gasteiger partial charge in [0.15, 0.2) is 0 Å². The summed E-state index contributed by atoms with van der Waals surface area (Å²) in [6.07, 6.45) is 0.927. The summed E-state index contributed by atoms with van der Waals surface area (Å²) in [4.78, 5) is 25.7. The number of rotatable bonds is 5. The standard InChI is InChI=1S/C13H16ClNO4S/c14-9-5-11(20-8-9)1-2-12(16)15-3-4-19-7-10(15)6-13(17)18/h5,8,10H,1-4,6-7H2,(H,17,18). The molecular formula is C13H16ClNO4S. The Hall–Kier alpha value is -1.11. The first-order valence-corrected chi connectivity index (χ1v) is 7.64. The van der Waals surface area contributed by atoms with Crippen LogP contribution in [0.3, 0.4) is 0 Å². The van der Waals surface area contributed by atoms with Crippen molar-refractivity contribution in [3.63, 3.8) is 0 Å². The second-order valence-corrected chi connectivity index (χ2v) is 6.08. The van der Waals surface area contributed by atoms with Crippen molar-refractivity contribution < 1.29 is 19.4 Å². The van der Waals surface area contributed by atoms with Crippen molar-refractivity contribution in [3.8, 4) is 0 Å². The number of hydrogen-bond donors (Lipinski definition) is 1. The van der Waals surface area contributed by atoms with Crippen LogP contribution in [-0.4, -0.2) is 47.7 Å². The van der Waals surface area contributed by atoms with E-state index in [4.69, 9.17) is 21.4 Å². The molecule has 1 fully saturated rings. The molecule has 1 aliphatic rings. The zero-order valence-corrected chi connectivity index (χ0v) is 12.5. The molecule has 0 aliphatic carbocycles. The number of amides is 1. The fourth-order valence-corrected chi connectivity index (χ4v) is 3.29. The SMILES string of the molecule is O=C(O)CC1COCCN1C(=O)CCc1cc(Cl)cs1. The summed E-state index contributed by atoms with van der Waals surface area (Å²) in [6, 6.07) is 1.49. The van der Waals surface area contributed by atoms with Gasteiger partial charge in [0.05, 0.1) is 30.7 Å². The van der Waals surface area contributed by atoms with Gasteiger partial charge in [0.2, 0.25) is 5.91 Å². The minimum atomic E-state index is -0.914. The summed E-state index contributed by atoms with van der Waals surface area (Å²) in [6.45, 7) is 1.22. The molecule has 110 valence electrons. The van der Waals surface area contributed by atoms with Crippen LogP contribution < -0.4 is 0 Å². The Morgan fingerprint density at radius 3 is 3.00 bits per heavy atom. The Bertz CT molecular complexity index is 490. The highest BCUT2D eigenvalue weighted by Crippen LogP contribution is 2.21. The Morgan fingerprint density at radius 2 is 2.35 bits per heavy atom. The van der Waals surface area contributed by atoms with Crippen molar-refractivity contribution in [1.82, 2.24) is 4.90 Å². The van der Waals surface area contributed by atoms with E-state index in [1.54, 1.807) is 4.90 Å². The molecule has 7 heteroatoms. The number of hydrogen-bond acceptors (Lipinski definition) is 4. The van der Waals surface area contributed by atoms with E-state index in [9.17, 15) is 9.59 Å². The van der Waals surface area contributed by atoms with Gasteiger partial charge in [0.25, 0.3) is 0 Å². The molecular weight excluding hydrogens is 302 g/mol. The molecule has 5 nitrogen and oxygen atoms in total. The van der Waals surface area contributed by atoms with E-state index in [1.165, 1.54) is 11.3 Å². The lowest BCUT2D eigenvalue weighted by Crippen LogP contribution is -2.49. The average Bonchev–Trinajstić information content (AvgIpc) is 2.82. The number of carboxylic acids is 1. The van der Waals surface area contributed by atoms with E-state index in [-0.39, 0.29) is 18.4 Å². The lowest BCUT2D eigenvalue weighted by Gasteiger charge is -2.34. The summed E-state index contributed by atoms with van der Waals surface area (Å²) in [7, 11) is 0. The summed E-state index contributed by atoms with van der Waals surface area (Å²) in [5.41, 5.74) is 0. The predicted molar refractivity (Wildman–Crippen MR) is 76.2 cm³/mol. The summed E-state index contributed by atoms with van der Waals surface area (Å²) in [5.74, 6) is -0.938. The van der Waals surface area contributed by atoms with Gasteiger partial charge in [0, 0.05) is 23.2 Å². The molecule has 0 saturated carbocycles. The fourth-order valence-electron chi connectivity index (χ4n) is 2.21. The Morgan fingerprint density at radius 1 is 1.55 bits per heavy atom. The maximum absolute atomic E-state index is 12.2. The van der Waals surface area contributed by atoms with Crippen LogP contribution in [0.4, 0.5) is 0 Å². The zero-order valence-electron chi connectivity index (χ0n) is 10.9. The number of morpholine rings is 1. The highest BCUT2D eigenvalue weighted by atomic mass is 35.5. The van der Waals surface area contributed by atoms with Crippen molar-refractivity contribution in [2.24, 2.45) is 0 Å². The summed E-state index contributed by atoms with van der Waals surface area (Å²) < 4.78 is 5.26. The van der Waals surface area contributed by atoms with E-state index < -0.39 is 5.97 Å². The van der Waals surface area contributed by atoms with Gasteiger partial charge >= 0.3 is 5.97 Å². The quantitative estimate of drug-likeness (QED) is 0.902. The van der Waals surface area contributed by atoms with Gasteiger partial charge in [0.1, 0.15) is 0 Å². The Kier molecular flexibility index (Phi) is 5.39. The third-order valence-electron chi connectivity index (χ3n) is 3.17. The predicted octanol–water partition coefficient (Wildman–Crippen LogP) is 2.04. The molecule has 1 amide bonds. The topological polar surface area (TPSA) is 66.8 Å². The van der Waals surface area contributed by atoms with Gasteiger partial charge < -0.3 is 14.7 Å². The summed E-state index contributed by atoms with van der Waals surface area (Å²) >= 11 is 7.37. The monoisotopic (exact) mass is 317 g/mol. The van der Waals surface area contributed by atoms with Crippen molar-refractivity contribution in [1.29, 1.82) is 0 Å². The molecule has 1 unspecified atom stereocenters. The maximum atomic E-state index is 12.2. The molecule has 2 heterocycles. The highest BCUT2D eigenvalue weighted by Gasteiger charge is 2.28. The highest BCUT2D eigenvalue weighted by molar-refractivity contribution is 7.10. The van der Waals surface area contributed by atoms with E-state index >= 15 is 0 Å². The molecule has 0 aromatic carbocycles. The fraction of sp³-hybridized carbons (Fsp3) is 0.538. The maximum Gasteiger partial charge on any atom is 0.305 e. The van der Waals surface area contributed by atoms with Crippen LogP contribution in [0.15, 0.2) is 11.4 Å². The van der Waals surface area contributed by atoms with Crippen LogP contribution >= 0.6 is 22.9 Å². The molecule has 1 aromatic rings. The van der Waals surface area contributed by atoms with E-state index in [1.807, 2.05) is 11.4 Å². The molecule has 1 N–H and O–H groups in total. The normalized spacial score (nSPS) is 19.1. The lowest BCUT2D eigenvalue weighted by molar-refractivity contribution is -0.146. The van der Waals surface area contributed by atoms with Crippen molar-refractivity contribution in [2.45, 2.75) is 25.3 Å². The number of halogens is 1. The molecule has 20 heavy (non-hydrogen) atoms. The van der Waals surface area contributed by atoms with Crippen molar-refractivity contribution in [2.75, 3.05) is 19.8 Å². The van der Waals surface area contributed by atoms with E-state index in [2.05, 4.69) is 0 Å². The molecule has 2 rings (SSSR count). The van der Waals surface area contributed by atoms with Crippen molar-refractivity contribution in [3.05, 3.63) is 21.3 Å². The smallest absolute Gasteiger partial charge is 0.305 e. The molecule has 1 aromatic heterocycles. The van der Waals surface area contributed by atoms with E-state index in [0.717, 1.165) is 4.88 Å². The largest absolute Gasteiger partial charge is 0.481 e. The first kappa shape index (κ1) is 15.3. The van der Waals surface area contributed by atoms with Gasteiger partial charge in [-0.1, -0.05) is 11.6 Å². The minimum Gasteiger partial charge on any atom is -0.481 e. The lowest BCUT2D eigenvalue weighted by atomic mass is 10.1. The van der Waals surface area contributed by atoms with Gasteiger partial charge in [-0.2, -0.15) is 0 Å². The van der Waals surface area contributed by atoms with Crippen molar-refractivity contribution >= 4 is 34.8 Å². The second-order valence-electron chi connectivity index (χ2n) is 4.64. The molecule has 1 aliphatic heterocycles. The van der Waals surface area contributed by atoms with Crippen LogP contribution in [0.1, 0.15) is 17.7 Å². The molecule has 0 radical (unpaired) electrons. The number of carboxylic acid groups (broad SMARTS) is 1. The molecule has 1 atom stereocenters. The van der Waals surface area contributed by atoms with Gasteiger partial charge in [-0.15, -0.1) is 11.3 Å². The van der Waals surface area contributed by atoms with Gasteiger partial charge in [-0.25, -0.2) is 0 Å². The number of carbonyl (C=O) groups excluding carboxylic acids is 1. The molecule has 0 spiro atoms. The first-order valence-electron chi connectivity index (χ1n) is 6.38. The van der Waals surface area contributed by atoms with Crippen LogP contribution in [-0.2, 0) is 20.7 Å². The summed E-state index contributed by atoms with van der Waals surface area (Å²) in [5, 5.41) is 11.4. The second kappa shape index (κ2) is 7.06. The third-order valence-corrected chi connectivity index (χ3v) is 4.51. The number of aliphatic carboxylic acids is 1. The first-order chi connectivity index (χ1) is 9.56. The number of aryl methyl sites for hydroxylation is 1. The number of thiophene rings is 1.